The standard InChI is InChI=1S/C11H15NOS2/c1-14-10-4-2-9(3-5-10)8-15-7-6-11(12)13/h2-5H,6-8H2,1H3,(H2,12,13). The number of carbonyl (C=O) groups is 1. The first-order valence-corrected chi connectivity index (χ1v) is 7.09. The van der Waals surface area contributed by atoms with E-state index < -0.39 is 0 Å². The lowest BCUT2D eigenvalue weighted by atomic mass is 10.2. The van der Waals surface area contributed by atoms with Crippen molar-refractivity contribution < 1.29 is 4.79 Å². The van der Waals surface area contributed by atoms with E-state index in [9.17, 15) is 4.79 Å². The van der Waals surface area contributed by atoms with Crippen LogP contribution in [0.15, 0.2) is 29.2 Å². The molecule has 1 aromatic rings. The van der Waals surface area contributed by atoms with Gasteiger partial charge < -0.3 is 5.73 Å². The maximum Gasteiger partial charge on any atom is 0.218 e. The number of primary amides is 1. The highest BCUT2D eigenvalue weighted by Crippen LogP contribution is 2.18. The Kier molecular flexibility index (Phi) is 5.65. The zero-order valence-corrected chi connectivity index (χ0v) is 10.4. The summed E-state index contributed by atoms with van der Waals surface area (Å²) < 4.78 is 0. The van der Waals surface area contributed by atoms with Crippen molar-refractivity contribution in [1.82, 2.24) is 0 Å². The van der Waals surface area contributed by atoms with E-state index in [0.29, 0.717) is 6.42 Å². The smallest absolute Gasteiger partial charge is 0.218 e. The van der Waals surface area contributed by atoms with E-state index in [1.54, 1.807) is 23.5 Å². The molecule has 0 aliphatic heterocycles. The maximum atomic E-state index is 10.5. The topological polar surface area (TPSA) is 43.1 Å². The first-order chi connectivity index (χ1) is 7.22. The second kappa shape index (κ2) is 6.80. The Hall–Kier alpha value is -0.610. The number of carbonyl (C=O) groups excluding carboxylic acids is 1. The lowest BCUT2D eigenvalue weighted by Gasteiger charge is -2.02. The van der Waals surface area contributed by atoms with Gasteiger partial charge in [-0.3, -0.25) is 4.79 Å². The van der Waals surface area contributed by atoms with E-state index in [-0.39, 0.29) is 5.91 Å². The molecule has 1 amide bonds. The molecule has 15 heavy (non-hydrogen) atoms. The van der Waals surface area contributed by atoms with Gasteiger partial charge in [0.15, 0.2) is 0 Å². The molecule has 0 heterocycles. The summed E-state index contributed by atoms with van der Waals surface area (Å²) in [6.07, 6.45) is 2.53. The third-order valence-corrected chi connectivity index (χ3v) is 3.69. The summed E-state index contributed by atoms with van der Waals surface area (Å²) in [6.45, 7) is 0. The second-order valence-corrected chi connectivity index (χ2v) is 5.10. The predicted octanol–water partition coefficient (Wildman–Crippen LogP) is 2.52. The average molecular weight is 241 g/mol. The predicted molar refractivity (Wildman–Crippen MR) is 68.2 cm³/mol. The number of rotatable bonds is 6. The van der Waals surface area contributed by atoms with Gasteiger partial charge in [-0.05, 0) is 24.0 Å². The number of thioether (sulfide) groups is 2. The van der Waals surface area contributed by atoms with Gasteiger partial charge in [0.05, 0.1) is 0 Å². The zero-order valence-electron chi connectivity index (χ0n) is 8.73. The quantitative estimate of drug-likeness (QED) is 0.615. The van der Waals surface area contributed by atoms with E-state index in [1.807, 2.05) is 0 Å². The molecule has 0 spiro atoms. The molecular formula is C11H15NOS2. The number of hydrogen-bond donors (Lipinski definition) is 1. The van der Waals surface area contributed by atoms with Crippen molar-refractivity contribution in [3.8, 4) is 0 Å². The minimum Gasteiger partial charge on any atom is -0.370 e. The Morgan fingerprint density at radius 3 is 2.53 bits per heavy atom. The van der Waals surface area contributed by atoms with Crippen LogP contribution in [0.25, 0.3) is 0 Å². The Morgan fingerprint density at radius 2 is 2.00 bits per heavy atom. The largest absolute Gasteiger partial charge is 0.370 e. The van der Waals surface area contributed by atoms with Crippen molar-refractivity contribution in [3.63, 3.8) is 0 Å². The highest BCUT2D eigenvalue weighted by molar-refractivity contribution is 7.98. The lowest BCUT2D eigenvalue weighted by molar-refractivity contribution is -0.117. The molecular weight excluding hydrogens is 226 g/mol. The molecule has 0 aliphatic rings. The monoisotopic (exact) mass is 241 g/mol. The summed E-state index contributed by atoms with van der Waals surface area (Å²) in [7, 11) is 0. The minimum absolute atomic E-state index is 0.222. The normalized spacial score (nSPS) is 10.2. The fourth-order valence-electron chi connectivity index (χ4n) is 1.08. The van der Waals surface area contributed by atoms with Crippen LogP contribution in [0, 0.1) is 0 Å². The Labute approximate surface area is 99.0 Å². The Bertz CT molecular complexity index is 311. The first-order valence-electron chi connectivity index (χ1n) is 4.71. The molecule has 0 unspecified atom stereocenters. The van der Waals surface area contributed by atoms with Crippen molar-refractivity contribution in [2.45, 2.75) is 17.1 Å². The molecule has 0 radical (unpaired) electrons. The van der Waals surface area contributed by atoms with Gasteiger partial charge in [-0.15, -0.1) is 11.8 Å². The Morgan fingerprint density at radius 1 is 1.33 bits per heavy atom. The molecule has 0 saturated carbocycles. The number of amides is 1. The van der Waals surface area contributed by atoms with Crippen LogP contribution in [0.5, 0.6) is 0 Å². The van der Waals surface area contributed by atoms with E-state index in [2.05, 4.69) is 30.5 Å². The molecule has 2 nitrogen and oxygen atoms in total. The van der Waals surface area contributed by atoms with Gasteiger partial charge >= 0.3 is 0 Å². The van der Waals surface area contributed by atoms with E-state index in [0.717, 1.165) is 11.5 Å². The molecule has 0 bridgehead atoms. The summed E-state index contributed by atoms with van der Waals surface area (Å²) in [5.74, 6) is 1.53. The highest BCUT2D eigenvalue weighted by atomic mass is 32.2. The first kappa shape index (κ1) is 12.5. The van der Waals surface area contributed by atoms with Crippen LogP contribution in [-0.2, 0) is 10.5 Å². The van der Waals surface area contributed by atoms with Crippen LogP contribution in [-0.4, -0.2) is 17.9 Å². The fraction of sp³-hybridized carbons (Fsp3) is 0.364. The molecule has 0 aliphatic carbocycles. The van der Waals surface area contributed by atoms with Crippen molar-refractivity contribution in [1.29, 1.82) is 0 Å². The SMILES string of the molecule is CSc1ccc(CSCCC(N)=O)cc1. The number of benzene rings is 1. The van der Waals surface area contributed by atoms with Gasteiger partial charge in [0.1, 0.15) is 0 Å². The van der Waals surface area contributed by atoms with Gasteiger partial charge in [-0.25, -0.2) is 0 Å². The number of nitrogens with two attached hydrogens (primary N) is 1. The fourth-order valence-corrected chi connectivity index (χ4v) is 2.41. The van der Waals surface area contributed by atoms with Crippen LogP contribution in [0.3, 0.4) is 0 Å². The van der Waals surface area contributed by atoms with Crippen LogP contribution >= 0.6 is 23.5 Å². The molecule has 2 N–H and O–H groups in total. The van der Waals surface area contributed by atoms with Gasteiger partial charge in [0.2, 0.25) is 5.91 Å². The van der Waals surface area contributed by atoms with Crippen LogP contribution < -0.4 is 5.73 Å². The molecule has 1 rings (SSSR count). The van der Waals surface area contributed by atoms with Gasteiger partial charge in [0.25, 0.3) is 0 Å². The summed E-state index contributed by atoms with van der Waals surface area (Å²) in [6, 6.07) is 8.50. The molecule has 0 saturated heterocycles. The van der Waals surface area contributed by atoms with Crippen molar-refractivity contribution in [3.05, 3.63) is 29.8 Å². The Balaban J connectivity index is 2.28. The summed E-state index contributed by atoms with van der Waals surface area (Å²) in [4.78, 5) is 11.8. The van der Waals surface area contributed by atoms with E-state index >= 15 is 0 Å². The molecule has 0 fully saturated rings. The second-order valence-electron chi connectivity index (χ2n) is 3.12. The minimum atomic E-state index is -0.222. The van der Waals surface area contributed by atoms with Crippen LogP contribution in [0.4, 0.5) is 0 Å². The van der Waals surface area contributed by atoms with Crippen LogP contribution in [0.1, 0.15) is 12.0 Å². The van der Waals surface area contributed by atoms with Gasteiger partial charge in [-0.2, -0.15) is 11.8 Å². The third kappa shape index (κ3) is 5.14. The molecule has 0 aromatic heterocycles. The maximum absolute atomic E-state index is 10.5. The molecule has 0 atom stereocenters. The third-order valence-electron chi connectivity index (χ3n) is 1.92. The summed E-state index contributed by atoms with van der Waals surface area (Å²) >= 11 is 3.48. The van der Waals surface area contributed by atoms with E-state index in [4.69, 9.17) is 5.73 Å². The van der Waals surface area contributed by atoms with Crippen molar-refractivity contribution >= 4 is 29.4 Å². The van der Waals surface area contributed by atoms with E-state index in [1.165, 1.54) is 10.5 Å². The lowest BCUT2D eigenvalue weighted by Crippen LogP contribution is -2.10. The molecule has 1 aromatic carbocycles. The summed E-state index contributed by atoms with van der Waals surface area (Å²) in [5.41, 5.74) is 6.35. The highest BCUT2D eigenvalue weighted by Gasteiger charge is 1.97. The summed E-state index contributed by atoms with van der Waals surface area (Å²) in [5, 5.41) is 0. The van der Waals surface area contributed by atoms with Crippen molar-refractivity contribution in [2.75, 3.05) is 12.0 Å². The number of hydrogen-bond acceptors (Lipinski definition) is 3. The van der Waals surface area contributed by atoms with Gasteiger partial charge in [0, 0.05) is 22.8 Å². The molecule has 4 heteroatoms. The molecule has 82 valence electrons. The average Bonchev–Trinajstić information content (AvgIpc) is 2.25. The van der Waals surface area contributed by atoms with Crippen LogP contribution in [0.2, 0.25) is 0 Å². The van der Waals surface area contributed by atoms with Crippen molar-refractivity contribution in [2.24, 2.45) is 5.73 Å². The van der Waals surface area contributed by atoms with Gasteiger partial charge in [-0.1, -0.05) is 12.1 Å². The zero-order chi connectivity index (χ0) is 11.1.